The van der Waals surface area contributed by atoms with E-state index < -0.39 is 11.9 Å². The zero-order chi connectivity index (χ0) is 13.1. The molecule has 1 aliphatic rings. The van der Waals surface area contributed by atoms with E-state index in [-0.39, 0.29) is 17.6 Å². The summed E-state index contributed by atoms with van der Waals surface area (Å²) in [6.45, 7) is 2.83. The third-order valence-corrected chi connectivity index (χ3v) is 3.32. The number of piperidine rings is 1. The second kappa shape index (κ2) is 5.35. The number of carbonyl (C=O) groups is 1. The molecule has 0 aromatic heterocycles. The highest BCUT2D eigenvalue weighted by atomic mass is 19.1. The normalized spacial score (nSPS) is 23.8. The van der Waals surface area contributed by atoms with Crippen LogP contribution in [0.3, 0.4) is 0 Å². The number of hydrogen-bond acceptors (Lipinski definition) is 2. The predicted octanol–water partition coefficient (Wildman–Crippen LogP) is 2.06. The molecule has 4 nitrogen and oxygen atoms in total. The largest absolute Gasteiger partial charge is 0.391 e. The quantitative estimate of drug-likeness (QED) is 0.803. The lowest BCUT2D eigenvalue weighted by molar-refractivity contribution is 0.0463. The van der Waals surface area contributed by atoms with Gasteiger partial charge in [0.15, 0.2) is 0 Å². The lowest BCUT2D eigenvalue weighted by atomic mass is 9.96. The van der Waals surface area contributed by atoms with Crippen molar-refractivity contribution in [1.29, 1.82) is 0 Å². The number of rotatable bonds is 1. The first-order valence-electron chi connectivity index (χ1n) is 6.06. The van der Waals surface area contributed by atoms with Gasteiger partial charge in [-0.15, -0.1) is 0 Å². The van der Waals surface area contributed by atoms with Crippen LogP contribution in [-0.4, -0.2) is 35.2 Å². The van der Waals surface area contributed by atoms with Crippen LogP contribution in [-0.2, 0) is 0 Å². The number of aliphatic hydroxyl groups excluding tert-OH is 1. The van der Waals surface area contributed by atoms with Crippen molar-refractivity contribution in [2.45, 2.75) is 19.4 Å². The molecule has 18 heavy (non-hydrogen) atoms. The van der Waals surface area contributed by atoms with E-state index in [4.69, 9.17) is 0 Å². The van der Waals surface area contributed by atoms with Gasteiger partial charge in [-0.3, -0.25) is 0 Å². The first kappa shape index (κ1) is 12.8. The lowest BCUT2D eigenvalue weighted by Gasteiger charge is -2.34. The number of likely N-dealkylation sites (tertiary alicyclic amines) is 1. The Balaban J connectivity index is 1.99. The van der Waals surface area contributed by atoms with Gasteiger partial charge in [-0.1, -0.05) is 19.1 Å². The minimum atomic E-state index is -0.509. The molecule has 1 aliphatic heterocycles. The van der Waals surface area contributed by atoms with Crippen LogP contribution >= 0.6 is 0 Å². The summed E-state index contributed by atoms with van der Waals surface area (Å²) in [5, 5.41) is 12.2. The first-order chi connectivity index (χ1) is 8.58. The lowest BCUT2D eigenvalue weighted by Crippen LogP contribution is -2.47. The number of urea groups is 1. The number of amides is 2. The second-order valence-corrected chi connectivity index (χ2v) is 4.69. The Hall–Kier alpha value is -1.62. The van der Waals surface area contributed by atoms with E-state index in [1.165, 1.54) is 17.0 Å². The molecule has 0 aliphatic carbocycles. The van der Waals surface area contributed by atoms with Crippen molar-refractivity contribution in [2.24, 2.45) is 5.92 Å². The number of nitrogens with one attached hydrogen (secondary N) is 1. The average molecular weight is 252 g/mol. The summed E-state index contributed by atoms with van der Waals surface area (Å²) in [5.41, 5.74) is 0.163. The van der Waals surface area contributed by atoms with E-state index in [0.29, 0.717) is 13.1 Å². The number of benzene rings is 1. The van der Waals surface area contributed by atoms with E-state index in [9.17, 15) is 14.3 Å². The van der Waals surface area contributed by atoms with Crippen molar-refractivity contribution in [1.82, 2.24) is 4.90 Å². The topological polar surface area (TPSA) is 52.6 Å². The molecule has 0 bridgehead atoms. The molecule has 0 saturated carbocycles. The summed E-state index contributed by atoms with van der Waals surface area (Å²) in [6.07, 6.45) is 0.247. The maximum absolute atomic E-state index is 13.4. The fourth-order valence-electron chi connectivity index (χ4n) is 1.99. The number of halogens is 1. The molecule has 2 N–H and O–H groups in total. The van der Waals surface area contributed by atoms with Gasteiger partial charge in [-0.25, -0.2) is 9.18 Å². The van der Waals surface area contributed by atoms with Gasteiger partial charge in [0.05, 0.1) is 11.8 Å². The number of anilines is 1. The van der Waals surface area contributed by atoms with Gasteiger partial charge in [0.2, 0.25) is 0 Å². The van der Waals surface area contributed by atoms with Gasteiger partial charge >= 0.3 is 6.03 Å². The maximum Gasteiger partial charge on any atom is 0.322 e. The molecule has 1 heterocycles. The Morgan fingerprint density at radius 2 is 2.22 bits per heavy atom. The molecule has 98 valence electrons. The van der Waals surface area contributed by atoms with Crippen LogP contribution in [0.2, 0.25) is 0 Å². The van der Waals surface area contributed by atoms with E-state index in [1.54, 1.807) is 12.1 Å². The van der Waals surface area contributed by atoms with Crippen molar-refractivity contribution in [3.63, 3.8) is 0 Å². The van der Waals surface area contributed by atoms with Crippen molar-refractivity contribution >= 4 is 11.7 Å². The van der Waals surface area contributed by atoms with Gasteiger partial charge in [0.25, 0.3) is 0 Å². The highest BCUT2D eigenvalue weighted by Crippen LogP contribution is 2.19. The molecule has 2 atom stereocenters. The van der Waals surface area contributed by atoms with Gasteiger partial charge < -0.3 is 15.3 Å². The van der Waals surface area contributed by atoms with Crippen molar-refractivity contribution in [3.8, 4) is 0 Å². The number of carbonyl (C=O) groups excluding carboxylic acids is 1. The SMILES string of the molecule is CC1CCN(C(=O)Nc2ccccc2F)CC1O. The summed E-state index contributed by atoms with van der Waals surface area (Å²) in [7, 11) is 0. The standard InChI is InChI=1S/C13H17FN2O2/c1-9-6-7-16(8-12(9)17)13(18)15-11-5-3-2-4-10(11)14/h2-5,9,12,17H,6-8H2,1H3,(H,15,18). The number of aliphatic hydroxyl groups is 1. The molecule has 0 radical (unpaired) electrons. The Morgan fingerprint density at radius 1 is 1.50 bits per heavy atom. The van der Waals surface area contributed by atoms with Gasteiger partial charge in [-0.2, -0.15) is 0 Å². The van der Waals surface area contributed by atoms with Crippen LogP contribution in [0.4, 0.5) is 14.9 Å². The molecule has 0 spiro atoms. The molecule has 1 aromatic carbocycles. The number of para-hydroxylation sites is 1. The number of β-amino-alcohol motifs (C(OH)–C–C–N with tert-alkyl or cyclic N) is 1. The molecule has 2 rings (SSSR count). The maximum atomic E-state index is 13.4. The van der Waals surface area contributed by atoms with E-state index >= 15 is 0 Å². The smallest absolute Gasteiger partial charge is 0.322 e. The number of nitrogens with zero attached hydrogens (tertiary/aromatic N) is 1. The summed E-state index contributed by atoms with van der Waals surface area (Å²) in [6, 6.07) is 5.66. The van der Waals surface area contributed by atoms with E-state index in [1.807, 2.05) is 6.92 Å². The van der Waals surface area contributed by atoms with E-state index in [0.717, 1.165) is 6.42 Å². The molecule has 1 saturated heterocycles. The minimum absolute atomic E-state index is 0.163. The molecule has 5 heteroatoms. The molecule has 2 amide bonds. The Labute approximate surface area is 105 Å². The molecular formula is C13H17FN2O2. The fourth-order valence-corrected chi connectivity index (χ4v) is 1.99. The summed E-state index contributed by atoms with van der Waals surface area (Å²) in [5.74, 6) is -0.265. The second-order valence-electron chi connectivity index (χ2n) is 4.69. The number of hydrogen-bond donors (Lipinski definition) is 2. The fraction of sp³-hybridized carbons (Fsp3) is 0.462. The summed E-state index contributed by atoms with van der Waals surface area (Å²) >= 11 is 0. The highest BCUT2D eigenvalue weighted by Gasteiger charge is 2.27. The predicted molar refractivity (Wildman–Crippen MR) is 66.8 cm³/mol. The monoisotopic (exact) mass is 252 g/mol. The van der Waals surface area contributed by atoms with Gasteiger partial charge in [0.1, 0.15) is 5.82 Å². The van der Waals surface area contributed by atoms with Crippen molar-refractivity contribution in [3.05, 3.63) is 30.1 Å². The Morgan fingerprint density at radius 3 is 2.89 bits per heavy atom. The van der Waals surface area contributed by atoms with Gasteiger partial charge in [0, 0.05) is 13.1 Å². The van der Waals surface area contributed by atoms with Gasteiger partial charge in [-0.05, 0) is 24.5 Å². The zero-order valence-electron chi connectivity index (χ0n) is 10.3. The van der Waals surface area contributed by atoms with Crippen LogP contribution in [0.5, 0.6) is 0 Å². The third-order valence-electron chi connectivity index (χ3n) is 3.32. The Bertz CT molecular complexity index is 439. The first-order valence-corrected chi connectivity index (χ1v) is 6.06. The molecule has 2 unspecified atom stereocenters. The molecule has 1 fully saturated rings. The van der Waals surface area contributed by atoms with Crippen LogP contribution < -0.4 is 5.32 Å². The van der Waals surface area contributed by atoms with Crippen LogP contribution in [0, 0.1) is 11.7 Å². The van der Waals surface area contributed by atoms with E-state index in [2.05, 4.69) is 5.32 Å². The van der Waals surface area contributed by atoms with Crippen LogP contribution in [0.1, 0.15) is 13.3 Å². The van der Waals surface area contributed by atoms with Crippen molar-refractivity contribution < 1.29 is 14.3 Å². The summed E-state index contributed by atoms with van der Waals surface area (Å²) < 4.78 is 13.4. The highest BCUT2D eigenvalue weighted by molar-refractivity contribution is 5.89. The van der Waals surface area contributed by atoms with Crippen molar-refractivity contribution in [2.75, 3.05) is 18.4 Å². The van der Waals surface area contributed by atoms with Crippen LogP contribution in [0.25, 0.3) is 0 Å². The third kappa shape index (κ3) is 2.79. The minimum Gasteiger partial charge on any atom is -0.391 e. The molecule has 1 aromatic rings. The summed E-state index contributed by atoms with van der Waals surface area (Å²) in [4.78, 5) is 13.4. The molecular weight excluding hydrogens is 235 g/mol. The average Bonchev–Trinajstić information content (AvgIpc) is 2.35. The van der Waals surface area contributed by atoms with Crippen LogP contribution in [0.15, 0.2) is 24.3 Å². The zero-order valence-corrected chi connectivity index (χ0v) is 10.3. The Kier molecular flexibility index (Phi) is 3.81.